The molecule has 1 aliphatic heterocycles. The number of halogens is 1. The van der Waals surface area contributed by atoms with Gasteiger partial charge >= 0.3 is 0 Å². The zero-order chi connectivity index (χ0) is 17.6. The number of rotatable bonds is 5. The first-order chi connectivity index (χ1) is 12.1. The molecular formula is C20H24ClN3O2. The molecule has 2 unspecified atom stereocenters. The molecule has 0 aromatic heterocycles. The van der Waals surface area contributed by atoms with E-state index in [1.54, 1.807) is 12.1 Å². The van der Waals surface area contributed by atoms with E-state index in [9.17, 15) is 9.59 Å². The van der Waals surface area contributed by atoms with E-state index in [-0.39, 0.29) is 36.3 Å². The molecular weight excluding hydrogens is 350 g/mol. The predicted molar refractivity (Wildman–Crippen MR) is 106 cm³/mol. The van der Waals surface area contributed by atoms with Crippen molar-refractivity contribution in [1.82, 2.24) is 10.6 Å². The monoisotopic (exact) mass is 373 g/mol. The Bertz CT molecular complexity index is 746. The van der Waals surface area contributed by atoms with Crippen molar-refractivity contribution in [2.24, 2.45) is 0 Å². The summed E-state index contributed by atoms with van der Waals surface area (Å²) in [7, 11) is 0. The average molecular weight is 374 g/mol. The molecule has 6 heteroatoms. The van der Waals surface area contributed by atoms with Gasteiger partial charge in [0.2, 0.25) is 5.91 Å². The number of nitrogens with one attached hydrogen (secondary N) is 3. The van der Waals surface area contributed by atoms with Gasteiger partial charge < -0.3 is 16.0 Å². The van der Waals surface area contributed by atoms with Crippen molar-refractivity contribution in [2.75, 3.05) is 11.9 Å². The van der Waals surface area contributed by atoms with Crippen LogP contribution in [-0.2, 0) is 4.79 Å². The van der Waals surface area contributed by atoms with Crippen molar-refractivity contribution >= 4 is 29.9 Å². The number of amides is 2. The van der Waals surface area contributed by atoms with Gasteiger partial charge in [0.25, 0.3) is 5.91 Å². The summed E-state index contributed by atoms with van der Waals surface area (Å²) in [4.78, 5) is 24.5. The third-order valence-electron chi connectivity index (χ3n) is 4.42. The summed E-state index contributed by atoms with van der Waals surface area (Å²) in [6.07, 6.45) is 1.92. The molecule has 2 atom stereocenters. The van der Waals surface area contributed by atoms with Crippen LogP contribution in [0.1, 0.15) is 41.7 Å². The molecule has 0 bridgehead atoms. The maximum atomic E-state index is 12.3. The van der Waals surface area contributed by atoms with Crippen LogP contribution in [0.3, 0.4) is 0 Å². The number of carbonyl (C=O) groups is 2. The standard InChI is InChI=1S/C20H23N3O2.ClH/c1-14(22-20(25)18-11-6-12-21-18)16-9-5-10-17(13-16)23-19(24)15-7-3-2-4-8-15;/h2-5,7-10,13-14,18,21H,6,11-12H2,1H3,(H,22,25)(H,23,24);1H. The molecule has 138 valence electrons. The summed E-state index contributed by atoms with van der Waals surface area (Å²) in [6, 6.07) is 16.4. The second-order valence-electron chi connectivity index (χ2n) is 6.32. The van der Waals surface area contributed by atoms with Crippen molar-refractivity contribution in [3.05, 3.63) is 65.7 Å². The molecule has 1 aliphatic rings. The van der Waals surface area contributed by atoms with Gasteiger partial charge in [-0.2, -0.15) is 0 Å². The van der Waals surface area contributed by atoms with Crippen LogP contribution in [0.15, 0.2) is 54.6 Å². The molecule has 0 aliphatic carbocycles. The van der Waals surface area contributed by atoms with Gasteiger partial charge in [0, 0.05) is 11.3 Å². The Hall–Kier alpha value is -2.37. The van der Waals surface area contributed by atoms with Crippen LogP contribution >= 0.6 is 12.4 Å². The fraction of sp³-hybridized carbons (Fsp3) is 0.300. The van der Waals surface area contributed by atoms with E-state index in [1.165, 1.54) is 0 Å². The maximum absolute atomic E-state index is 12.3. The summed E-state index contributed by atoms with van der Waals surface area (Å²) in [5.41, 5.74) is 2.28. The zero-order valence-electron chi connectivity index (χ0n) is 14.7. The zero-order valence-corrected chi connectivity index (χ0v) is 15.5. The van der Waals surface area contributed by atoms with E-state index >= 15 is 0 Å². The quantitative estimate of drug-likeness (QED) is 0.753. The molecule has 26 heavy (non-hydrogen) atoms. The lowest BCUT2D eigenvalue weighted by molar-refractivity contribution is -0.123. The molecule has 0 radical (unpaired) electrons. The summed E-state index contributed by atoms with van der Waals surface area (Å²) >= 11 is 0. The minimum absolute atomic E-state index is 0. The Morgan fingerprint density at radius 3 is 2.58 bits per heavy atom. The minimum Gasteiger partial charge on any atom is -0.348 e. The van der Waals surface area contributed by atoms with Crippen LogP contribution in [0.2, 0.25) is 0 Å². The summed E-state index contributed by atoms with van der Waals surface area (Å²) < 4.78 is 0. The SMILES string of the molecule is CC(NC(=O)C1CCCN1)c1cccc(NC(=O)c2ccccc2)c1.Cl. The van der Waals surface area contributed by atoms with Crippen molar-refractivity contribution in [3.63, 3.8) is 0 Å². The number of hydrogen-bond donors (Lipinski definition) is 3. The third-order valence-corrected chi connectivity index (χ3v) is 4.42. The second-order valence-corrected chi connectivity index (χ2v) is 6.32. The highest BCUT2D eigenvalue weighted by Gasteiger charge is 2.23. The fourth-order valence-corrected chi connectivity index (χ4v) is 2.98. The molecule has 5 nitrogen and oxygen atoms in total. The molecule has 0 spiro atoms. The second kappa shape index (κ2) is 9.36. The third kappa shape index (κ3) is 5.07. The van der Waals surface area contributed by atoms with Crippen LogP contribution in [0, 0.1) is 0 Å². The molecule has 3 N–H and O–H groups in total. The number of hydrogen-bond acceptors (Lipinski definition) is 3. The molecule has 0 saturated carbocycles. The lowest BCUT2D eigenvalue weighted by Gasteiger charge is -2.18. The molecule has 1 saturated heterocycles. The Morgan fingerprint density at radius 2 is 1.88 bits per heavy atom. The first-order valence-electron chi connectivity index (χ1n) is 8.63. The van der Waals surface area contributed by atoms with Crippen LogP contribution in [0.4, 0.5) is 5.69 Å². The van der Waals surface area contributed by atoms with Crippen LogP contribution in [0.5, 0.6) is 0 Å². The van der Waals surface area contributed by atoms with Crippen molar-refractivity contribution in [1.29, 1.82) is 0 Å². The van der Waals surface area contributed by atoms with Crippen LogP contribution in [-0.4, -0.2) is 24.4 Å². The topological polar surface area (TPSA) is 70.2 Å². The van der Waals surface area contributed by atoms with E-state index in [0.717, 1.165) is 24.9 Å². The van der Waals surface area contributed by atoms with E-state index < -0.39 is 0 Å². The summed E-state index contributed by atoms with van der Waals surface area (Å²) in [6.45, 7) is 2.85. The van der Waals surface area contributed by atoms with Gasteiger partial charge in [-0.1, -0.05) is 30.3 Å². The molecule has 2 amide bonds. The Kier molecular flexibility index (Phi) is 7.18. The predicted octanol–water partition coefficient (Wildman–Crippen LogP) is 3.29. The van der Waals surface area contributed by atoms with E-state index in [0.29, 0.717) is 11.3 Å². The Labute approximate surface area is 160 Å². The van der Waals surface area contributed by atoms with E-state index in [2.05, 4.69) is 16.0 Å². The Balaban J connectivity index is 0.00000243. The summed E-state index contributed by atoms with van der Waals surface area (Å²) in [5.74, 6) is -0.117. The largest absolute Gasteiger partial charge is 0.348 e. The van der Waals surface area contributed by atoms with Gasteiger partial charge in [-0.3, -0.25) is 9.59 Å². The smallest absolute Gasteiger partial charge is 0.255 e. The highest BCUT2D eigenvalue weighted by molar-refractivity contribution is 6.04. The average Bonchev–Trinajstić information content (AvgIpc) is 3.17. The number of benzene rings is 2. The van der Waals surface area contributed by atoms with Crippen LogP contribution in [0.25, 0.3) is 0 Å². The maximum Gasteiger partial charge on any atom is 0.255 e. The van der Waals surface area contributed by atoms with Crippen molar-refractivity contribution < 1.29 is 9.59 Å². The molecule has 3 rings (SSSR count). The number of carbonyl (C=O) groups excluding carboxylic acids is 2. The first-order valence-corrected chi connectivity index (χ1v) is 8.63. The number of anilines is 1. The Morgan fingerprint density at radius 1 is 1.12 bits per heavy atom. The highest BCUT2D eigenvalue weighted by atomic mass is 35.5. The van der Waals surface area contributed by atoms with Gasteiger partial charge in [-0.05, 0) is 56.1 Å². The first kappa shape index (κ1) is 19.9. The molecule has 1 fully saturated rings. The molecule has 2 aromatic carbocycles. The highest BCUT2D eigenvalue weighted by Crippen LogP contribution is 2.19. The van der Waals surface area contributed by atoms with Crippen molar-refractivity contribution in [3.8, 4) is 0 Å². The fourth-order valence-electron chi connectivity index (χ4n) is 2.98. The minimum atomic E-state index is -0.149. The van der Waals surface area contributed by atoms with Gasteiger partial charge in [-0.25, -0.2) is 0 Å². The van der Waals surface area contributed by atoms with Gasteiger partial charge in [0.1, 0.15) is 0 Å². The normalized spacial score (nSPS) is 17.0. The lowest BCUT2D eigenvalue weighted by Crippen LogP contribution is -2.41. The molecule has 2 aromatic rings. The lowest BCUT2D eigenvalue weighted by atomic mass is 10.1. The van der Waals surface area contributed by atoms with Crippen molar-refractivity contribution in [2.45, 2.75) is 31.8 Å². The van der Waals surface area contributed by atoms with Gasteiger partial charge in [0.05, 0.1) is 12.1 Å². The van der Waals surface area contributed by atoms with Crippen LogP contribution < -0.4 is 16.0 Å². The van der Waals surface area contributed by atoms with Gasteiger partial charge in [-0.15, -0.1) is 12.4 Å². The van der Waals surface area contributed by atoms with E-state index in [1.807, 2.05) is 49.4 Å². The van der Waals surface area contributed by atoms with E-state index in [4.69, 9.17) is 0 Å². The molecule has 1 heterocycles. The van der Waals surface area contributed by atoms with Gasteiger partial charge in [0.15, 0.2) is 0 Å². The summed E-state index contributed by atoms with van der Waals surface area (Å²) in [5, 5.41) is 9.13.